The van der Waals surface area contributed by atoms with Gasteiger partial charge < -0.3 is 10.2 Å². The molecule has 0 bridgehead atoms. The van der Waals surface area contributed by atoms with Crippen molar-refractivity contribution in [3.05, 3.63) is 29.8 Å². The van der Waals surface area contributed by atoms with Crippen LogP contribution < -0.4 is 5.32 Å². The van der Waals surface area contributed by atoms with Gasteiger partial charge in [0, 0.05) is 32.1 Å². The first kappa shape index (κ1) is 19.3. The highest BCUT2D eigenvalue weighted by Gasteiger charge is 2.48. The Morgan fingerprint density at radius 3 is 2.56 bits per heavy atom. The van der Waals surface area contributed by atoms with E-state index >= 15 is 0 Å². The average Bonchev–Trinajstić information content (AvgIpc) is 2.54. The number of amides is 2. The maximum Gasteiger partial charge on any atom is 0.392 e. The number of carbonyl (C=O) groups excluding carboxylic acids is 2. The van der Waals surface area contributed by atoms with Crippen LogP contribution >= 0.6 is 0 Å². The van der Waals surface area contributed by atoms with Crippen molar-refractivity contribution >= 4 is 17.5 Å². The van der Waals surface area contributed by atoms with Crippen LogP contribution in [0.25, 0.3) is 0 Å². The van der Waals surface area contributed by atoms with Crippen LogP contribution in [0.5, 0.6) is 0 Å². The largest absolute Gasteiger partial charge is 0.392 e. The van der Waals surface area contributed by atoms with Gasteiger partial charge in [-0.2, -0.15) is 13.2 Å². The van der Waals surface area contributed by atoms with Crippen LogP contribution in [0.4, 0.5) is 18.9 Å². The second-order valence-electron chi connectivity index (χ2n) is 6.60. The van der Waals surface area contributed by atoms with Crippen molar-refractivity contribution in [2.75, 3.05) is 12.4 Å². The predicted molar refractivity (Wildman–Crippen MR) is 88.7 cm³/mol. The van der Waals surface area contributed by atoms with Crippen molar-refractivity contribution in [1.82, 2.24) is 4.90 Å². The molecule has 138 valence electrons. The van der Waals surface area contributed by atoms with Crippen molar-refractivity contribution in [2.45, 2.75) is 45.3 Å². The molecule has 2 amide bonds. The summed E-state index contributed by atoms with van der Waals surface area (Å²) in [4.78, 5) is 25.2. The van der Waals surface area contributed by atoms with Crippen LogP contribution in [0.15, 0.2) is 24.3 Å². The molecule has 1 aliphatic carbocycles. The van der Waals surface area contributed by atoms with E-state index in [9.17, 15) is 22.8 Å². The lowest BCUT2D eigenvalue weighted by Crippen LogP contribution is -2.39. The summed E-state index contributed by atoms with van der Waals surface area (Å²) in [6, 6.07) is 6.83. The van der Waals surface area contributed by atoms with E-state index in [2.05, 4.69) is 5.32 Å². The molecule has 2 rings (SSSR count). The Bertz CT molecular complexity index is 631. The minimum absolute atomic E-state index is 0.00499. The van der Waals surface area contributed by atoms with Crippen LogP contribution in [-0.2, 0) is 16.1 Å². The number of hydrogen-bond donors (Lipinski definition) is 1. The predicted octanol–water partition coefficient (Wildman–Crippen LogP) is 3.97. The zero-order chi connectivity index (χ0) is 18.6. The lowest BCUT2D eigenvalue weighted by Gasteiger charge is -2.32. The lowest BCUT2D eigenvalue weighted by molar-refractivity contribution is -0.197. The maximum atomic E-state index is 13.2. The fraction of sp³-hybridized carbons (Fsp3) is 0.556. The maximum absolute atomic E-state index is 13.2. The van der Waals surface area contributed by atoms with E-state index in [1.807, 2.05) is 0 Å². The molecule has 2 atom stereocenters. The first-order valence-corrected chi connectivity index (χ1v) is 8.36. The van der Waals surface area contributed by atoms with Crippen molar-refractivity contribution in [1.29, 1.82) is 0 Å². The third-order valence-corrected chi connectivity index (χ3v) is 4.67. The lowest BCUT2D eigenvalue weighted by atomic mass is 9.78. The second kappa shape index (κ2) is 7.89. The van der Waals surface area contributed by atoms with Gasteiger partial charge >= 0.3 is 6.18 Å². The van der Waals surface area contributed by atoms with Crippen molar-refractivity contribution in [2.24, 2.45) is 11.8 Å². The van der Waals surface area contributed by atoms with E-state index < -0.39 is 23.9 Å². The molecule has 0 aliphatic heterocycles. The van der Waals surface area contributed by atoms with Gasteiger partial charge in [0.2, 0.25) is 11.8 Å². The highest BCUT2D eigenvalue weighted by Crippen LogP contribution is 2.41. The molecule has 1 saturated carbocycles. The molecule has 0 aromatic heterocycles. The molecule has 0 spiro atoms. The van der Waals surface area contributed by atoms with E-state index in [1.165, 1.54) is 11.8 Å². The van der Waals surface area contributed by atoms with Gasteiger partial charge in [-0.05, 0) is 30.5 Å². The van der Waals surface area contributed by atoms with Gasteiger partial charge in [0.05, 0.1) is 5.92 Å². The summed E-state index contributed by atoms with van der Waals surface area (Å²) >= 11 is 0. The topological polar surface area (TPSA) is 49.4 Å². The SMILES string of the molecule is CC(=O)N(C)Cc1cccc(NC(=O)[C@H]2CCCC[C@@H]2C(F)(F)F)c1. The summed E-state index contributed by atoms with van der Waals surface area (Å²) in [6.45, 7) is 1.82. The van der Waals surface area contributed by atoms with E-state index in [1.54, 1.807) is 31.3 Å². The summed E-state index contributed by atoms with van der Waals surface area (Å²) in [5.74, 6) is -3.30. The molecule has 1 aromatic rings. The molecule has 1 fully saturated rings. The molecule has 1 N–H and O–H groups in total. The Morgan fingerprint density at radius 1 is 1.24 bits per heavy atom. The molecular formula is C18H23F3N2O2. The number of nitrogens with zero attached hydrogens (tertiary/aromatic N) is 1. The third kappa shape index (κ3) is 5.21. The summed E-state index contributed by atoms with van der Waals surface area (Å²) in [6.07, 6.45) is -2.96. The van der Waals surface area contributed by atoms with Gasteiger partial charge in [0.25, 0.3) is 0 Å². The molecule has 1 aliphatic rings. The summed E-state index contributed by atoms with van der Waals surface area (Å²) in [5, 5.41) is 2.61. The fourth-order valence-electron chi connectivity index (χ4n) is 3.20. The number of hydrogen-bond acceptors (Lipinski definition) is 2. The minimum Gasteiger partial charge on any atom is -0.342 e. The number of benzene rings is 1. The van der Waals surface area contributed by atoms with Crippen molar-refractivity contribution < 1.29 is 22.8 Å². The molecule has 25 heavy (non-hydrogen) atoms. The van der Waals surface area contributed by atoms with E-state index in [0.717, 1.165) is 5.56 Å². The smallest absolute Gasteiger partial charge is 0.342 e. The number of alkyl halides is 3. The Hall–Kier alpha value is -2.05. The monoisotopic (exact) mass is 356 g/mol. The molecule has 0 saturated heterocycles. The molecular weight excluding hydrogens is 333 g/mol. The van der Waals surface area contributed by atoms with Crippen molar-refractivity contribution in [3.63, 3.8) is 0 Å². The standard InChI is InChI=1S/C18H23F3N2O2/c1-12(24)23(2)11-13-6-5-7-14(10-13)22-17(25)15-8-3-4-9-16(15)18(19,20)21/h5-7,10,15-16H,3-4,8-9,11H2,1-2H3,(H,22,25)/t15-,16-/m0/s1. The summed E-state index contributed by atoms with van der Waals surface area (Å²) in [7, 11) is 1.66. The highest BCUT2D eigenvalue weighted by molar-refractivity contribution is 5.93. The molecule has 7 heteroatoms. The van der Waals surface area contributed by atoms with Crippen LogP contribution in [0, 0.1) is 11.8 Å². The van der Waals surface area contributed by atoms with Crippen LogP contribution in [0.2, 0.25) is 0 Å². The van der Waals surface area contributed by atoms with Crippen LogP contribution in [-0.4, -0.2) is 29.9 Å². The van der Waals surface area contributed by atoms with Gasteiger partial charge in [0.1, 0.15) is 0 Å². The van der Waals surface area contributed by atoms with Gasteiger partial charge in [-0.3, -0.25) is 9.59 Å². The van der Waals surface area contributed by atoms with E-state index in [4.69, 9.17) is 0 Å². The Balaban J connectivity index is 2.08. The van der Waals surface area contributed by atoms with Crippen molar-refractivity contribution in [3.8, 4) is 0 Å². The summed E-state index contributed by atoms with van der Waals surface area (Å²) in [5.41, 5.74) is 1.25. The second-order valence-corrected chi connectivity index (χ2v) is 6.60. The minimum atomic E-state index is -4.35. The zero-order valence-corrected chi connectivity index (χ0v) is 14.4. The molecule has 0 unspecified atom stereocenters. The molecule has 4 nitrogen and oxygen atoms in total. The number of carbonyl (C=O) groups is 2. The Morgan fingerprint density at radius 2 is 1.92 bits per heavy atom. The number of rotatable bonds is 4. The highest BCUT2D eigenvalue weighted by atomic mass is 19.4. The number of nitrogens with one attached hydrogen (secondary N) is 1. The summed E-state index contributed by atoms with van der Waals surface area (Å²) < 4.78 is 39.5. The zero-order valence-electron chi connectivity index (χ0n) is 14.4. The van der Waals surface area contributed by atoms with Gasteiger partial charge in [-0.15, -0.1) is 0 Å². The number of anilines is 1. The molecule has 1 aromatic carbocycles. The third-order valence-electron chi connectivity index (χ3n) is 4.67. The molecule has 0 heterocycles. The fourth-order valence-corrected chi connectivity index (χ4v) is 3.20. The van der Waals surface area contributed by atoms with Gasteiger partial charge in [-0.25, -0.2) is 0 Å². The quantitative estimate of drug-likeness (QED) is 0.887. The van der Waals surface area contributed by atoms with E-state index in [-0.39, 0.29) is 18.7 Å². The first-order valence-electron chi connectivity index (χ1n) is 8.36. The van der Waals surface area contributed by atoms with Gasteiger partial charge in [0.15, 0.2) is 0 Å². The first-order chi connectivity index (χ1) is 11.7. The molecule has 0 radical (unpaired) electrons. The van der Waals surface area contributed by atoms with E-state index in [0.29, 0.717) is 25.1 Å². The Kier molecular flexibility index (Phi) is 6.08. The van der Waals surface area contributed by atoms with Crippen LogP contribution in [0.3, 0.4) is 0 Å². The van der Waals surface area contributed by atoms with Gasteiger partial charge in [-0.1, -0.05) is 25.0 Å². The average molecular weight is 356 g/mol. The normalized spacial score (nSPS) is 20.8. The number of halogens is 3. The Labute approximate surface area is 145 Å². The van der Waals surface area contributed by atoms with Crippen LogP contribution in [0.1, 0.15) is 38.2 Å².